The molecule has 0 aliphatic carbocycles. The van der Waals surface area contributed by atoms with E-state index in [-0.39, 0.29) is 11.3 Å². The molecule has 2 aromatic heterocycles. The Morgan fingerprint density at radius 2 is 1.94 bits per heavy atom. The Hall–Kier alpha value is -3.16. The Morgan fingerprint density at radius 3 is 2.66 bits per heavy atom. The SMILES string of the molecule is Cc1cccc(N2C(=O)C(O)=C(C(=O)c3cc4cc(Br)ccc4o3)C2c2sccc2C)c1. The lowest BCUT2D eigenvalue weighted by molar-refractivity contribution is -0.117. The number of aryl methyl sites for hydroxylation is 2. The first-order chi connectivity index (χ1) is 15.3. The van der Waals surface area contributed by atoms with E-state index in [1.54, 1.807) is 18.2 Å². The topological polar surface area (TPSA) is 70.8 Å². The molecule has 1 atom stereocenters. The number of rotatable bonds is 4. The predicted molar refractivity (Wildman–Crippen MR) is 128 cm³/mol. The summed E-state index contributed by atoms with van der Waals surface area (Å²) in [6.07, 6.45) is 0. The van der Waals surface area contributed by atoms with Gasteiger partial charge in [-0.25, -0.2) is 0 Å². The summed E-state index contributed by atoms with van der Waals surface area (Å²) in [6, 6.07) is 15.7. The van der Waals surface area contributed by atoms with Gasteiger partial charge < -0.3 is 9.52 Å². The van der Waals surface area contributed by atoms with Crippen molar-refractivity contribution >= 4 is 55.6 Å². The highest BCUT2D eigenvalue weighted by Gasteiger charge is 2.46. The standard InChI is InChI=1S/C25H18BrNO4S/c1-13-4-3-5-17(10-13)27-21(24-14(2)8-9-32-24)20(23(29)25(27)30)22(28)19-12-15-11-16(26)6-7-18(15)31-19/h3-12,21,29H,1-2H3. The minimum absolute atomic E-state index is 0.0279. The zero-order chi connectivity index (χ0) is 22.6. The van der Waals surface area contributed by atoms with Crippen LogP contribution >= 0.6 is 27.3 Å². The molecule has 160 valence electrons. The number of anilines is 1. The van der Waals surface area contributed by atoms with Crippen LogP contribution in [0.1, 0.15) is 32.6 Å². The maximum absolute atomic E-state index is 13.6. The van der Waals surface area contributed by atoms with Gasteiger partial charge in [0.2, 0.25) is 5.78 Å². The Kier molecular flexibility index (Phi) is 5.03. The van der Waals surface area contributed by atoms with Crippen molar-refractivity contribution in [3.63, 3.8) is 0 Å². The minimum Gasteiger partial charge on any atom is -0.503 e. The summed E-state index contributed by atoms with van der Waals surface area (Å²) >= 11 is 4.87. The zero-order valence-electron chi connectivity index (χ0n) is 17.3. The fraction of sp³-hybridized carbons (Fsp3) is 0.120. The van der Waals surface area contributed by atoms with Crippen LogP contribution in [0.2, 0.25) is 0 Å². The van der Waals surface area contributed by atoms with Gasteiger partial charge in [0.25, 0.3) is 5.91 Å². The Balaban J connectivity index is 1.67. The molecule has 4 aromatic rings. The summed E-state index contributed by atoms with van der Waals surface area (Å²) in [7, 11) is 0. The van der Waals surface area contributed by atoms with Gasteiger partial charge in [0, 0.05) is 20.4 Å². The number of thiophene rings is 1. The molecule has 5 rings (SSSR count). The number of carbonyl (C=O) groups excluding carboxylic acids is 2. The number of ketones is 1. The molecule has 5 nitrogen and oxygen atoms in total. The summed E-state index contributed by atoms with van der Waals surface area (Å²) < 4.78 is 6.66. The van der Waals surface area contributed by atoms with Crippen molar-refractivity contribution in [1.29, 1.82) is 0 Å². The van der Waals surface area contributed by atoms with Crippen LogP contribution in [0, 0.1) is 13.8 Å². The van der Waals surface area contributed by atoms with Crippen LogP contribution in [-0.4, -0.2) is 16.8 Å². The second kappa shape index (κ2) is 7.76. The second-order valence-corrected chi connectivity index (χ2v) is 9.63. The molecule has 1 unspecified atom stereocenters. The lowest BCUT2D eigenvalue weighted by Crippen LogP contribution is -2.31. The van der Waals surface area contributed by atoms with Crippen molar-refractivity contribution in [2.24, 2.45) is 0 Å². The Labute approximate surface area is 196 Å². The number of Topliss-reactive ketones (excluding diaryl/α,β-unsaturated/α-hetero) is 1. The van der Waals surface area contributed by atoms with Crippen LogP contribution in [0.25, 0.3) is 11.0 Å². The summed E-state index contributed by atoms with van der Waals surface area (Å²) in [5.41, 5.74) is 3.12. The molecule has 1 N–H and O–H groups in total. The van der Waals surface area contributed by atoms with Crippen LogP contribution in [0.5, 0.6) is 0 Å². The van der Waals surface area contributed by atoms with E-state index in [1.807, 2.05) is 55.6 Å². The molecular weight excluding hydrogens is 490 g/mol. The third kappa shape index (κ3) is 3.29. The van der Waals surface area contributed by atoms with E-state index >= 15 is 0 Å². The Morgan fingerprint density at radius 1 is 1.12 bits per heavy atom. The van der Waals surface area contributed by atoms with Crippen LogP contribution in [0.4, 0.5) is 5.69 Å². The van der Waals surface area contributed by atoms with Crippen molar-refractivity contribution in [1.82, 2.24) is 0 Å². The number of furan rings is 1. The van der Waals surface area contributed by atoms with Gasteiger partial charge in [0.15, 0.2) is 11.5 Å². The van der Waals surface area contributed by atoms with Gasteiger partial charge in [0.05, 0.1) is 5.57 Å². The number of amides is 1. The predicted octanol–water partition coefficient (Wildman–Crippen LogP) is 6.66. The third-order valence-electron chi connectivity index (χ3n) is 5.58. The first kappa shape index (κ1) is 20.7. The summed E-state index contributed by atoms with van der Waals surface area (Å²) in [5, 5.41) is 13.6. The molecule has 0 fully saturated rings. The van der Waals surface area contributed by atoms with E-state index in [0.717, 1.165) is 25.9 Å². The van der Waals surface area contributed by atoms with Crippen LogP contribution < -0.4 is 4.90 Å². The quantitative estimate of drug-likeness (QED) is 0.313. The van der Waals surface area contributed by atoms with Gasteiger partial charge in [-0.15, -0.1) is 11.3 Å². The van der Waals surface area contributed by atoms with Crippen LogP contribution in [0.15, 0.2) is 80.2 Å². The van der Waals surface area contributed by atoms with Gasteiger partial charge in [-0.2, -0.15) is 0 Å². The number of benzene rings is 2. The number of halogens is 1. The van der Waals surface area contributed by atoms with E-state index in [1.165, 1.54) is 16.2 Å². The van der Waals surface area contributed by atoms with Crippen LogP contribution in [-0.2, 0) is 4.79 Å². The van der Waals surface area contributed by atoms with Crippen molar-refractivity contribution in [2.75, 3.05) is 4.90 Å². The fourth-order valence-corrected chi connectivity index (χ4v) is 5.46. The van der Waals surface area contributed by atoms with Crippen molar-refractivity contribution in [3.8, 4) is 0 Å². The van der Waals surface area contributed by atoms with Gasteiger partial charge in [0.1, 0.15) is 11.6 Å². The molecule has 0 spiro atoms. The third-order valence-corrected chi connectivity index (χ3v) is 7.15. The number of hydrogen-bond donors (Lipinski definition) is 1. The molecule has 0 saturated heterocycles. The lowest BCUT2D eigenvalue weighted by atomic mass is 9.98. The molecule has 0 bridgehead atoms. The summed E-state index contributed by atoms with van der Waals surface area (Å²) in [5.74, 6) is -1.57. The molecule has 1 aliphatic rings. The van der Waals surface area contributed by atoms with Crippen molar-refractivity contribution in [3.05, 3.63) is 97.5 Å². The van der Waals surface area contributed by atoms with Gasteiger partial charge >= 0.3 is 0 Å². The largest absolute Gasteiger partial charge is 0.503 e. The molecule has 32 heavy (non-hydrogen) atoms. The number of carbonyl (C=O) groups is 2. The average molecular weight is 508 g/mol. The minimum atomic E-state index is -0.739. The van der Waals surface area contributed by atoms with Gasteiger partial charge in [-0.3, -0.25) is 14.5 Å². The van der Waals surface area contributed by atoms with E-state index < -0.39 is 23.5 Å². The zero-order valence-corrected chi connectivity index (χ0v) is 19.7. The first-order valence-corrected chi connectivity index (χ1v) is 11.6. The maximum Gasteiger partial charge on any atom is 0.294 e. The molecule has 1 amide bonds. The van der Waals surface area contributed by atoms with E-state index in [9.17, 15) is 14.7 Å². The van der Waals surface area contributed by atoms with E-state index in [2.05, 4.69) is 15.9 Å². The molecule has 2 aromatic carbocycles. The average Bonchev–Trinajstić information content (AvgIpc) is 3.44. The highest BCUT2D eigenvalue weighted by atomic mass is 79.9. The molecule has 0 saturated carbocycles. The molecule has 1 aliphatic heterocycles. The number of fused-ring (bicyclic) bond motifs is 1. The lowest BCUT2D eigenvalue weighted by Gasteiger charge is -2.26. The summed E-state index contributed by atoms with van der Waals surface area (Å²) in [4.78, 5) is 29.2. The molecule has 3 heterocycles. The highest BCUT2D eigenvalue weighted by molar-refractivity contribution is 9.10. The van der Waals surface area contributed by atoms with Gasteiger partial charge in [-0.05, 0) is 72.8 Å². The number of aliphatic hydroxyl groups is 1. The Bertz CT molecular complexity index is 1430. The highest BCUT2D eigenvalue weighted by Crippen LogP contribution is 2.45. The number of aliphatic hydroxyl groups excluding tert-OH is 1. The number of nitrogens with zero attached hydrogens (tertiary/aromatic N) is 1. The van der Waals surface area contributed by atoms with Crippen molar-refractivity contribution in [2.45, 2.75) is 19.9 Å². The molecule has 0 radical (unpaired) electrons. The maximum atomic E-state index is 13.6. The van der Waals surface area contributed by atoms with E-state index in [0.29, 0.717) is 11.3 Å². The van der Waals surface area contributed by atoms with Crippen molar-refractivity contribution < 1.29 is 19.1 Å². The first-order valence-electron chi connectivity index (χ1n) is 9.96. The van der Waals surface area contributed by atoms with Gasteiger partial charge in [-0.1, -0.05) is 28.1 Å². The van der Waals surface area contributed by atoms with Crippen LogP contribution in [0.3, 0.4) is 0 Å². The summed E-state index contributed by atoms with van der Waals surface area (Å²) in [6.45, 7) is 3.86. The van der Waals surface area contributed by atoms with E-state index in [4.69, 9.17) is 4.42 Å². The molecular formula is C25H18BrNO4S. The smallest absolute Gasteiger partial charge is 0.294 e. The monoisotopic (exact) mass is 507 g/mol. The normalized spacial score (nSPS) is 16.4. The fourth-order valence-electron chi connectivity index (χ4n) is 4.05. The number of hydrogen-bond acceptors (Lipinski definition) is 5. The molecule has 7 heteroatoms. The second-order valence-electron chi connectivity index (χ2n) is 7.77.